The first-order valence-electron chi connectivity index (χ1n) is 10.2. The van der Waals surface area contributed by atoms with E-state index >= 15 is 0 Å². The Morgan fingerprint density at radius 1 is 0.857 bits per heavy atom. The molecule has 0 aromatic heterocycles. The van der Waals surface area contributed by atoms with E-state index in [1.165, 1.54) is 47.2 Å². The number of fused-ring (bicyclic) bond motifs is 1. The van der Waals surface area contributed by atoms with Crippen molar-refractivity contribution in [3.8, 4) is 5.75 Å². The van der Waals surface area contributed by atoms with Crippen LogP contribution >= 0.6 is 0 Å². The van der Waals surface area contributed by atoms with Crippen molar-refractivity contribution in [3.63, 3.8) is 0 Å². The highest BCUT2D eigenvalue weighted by Gasteiger charge is 2.15. The number of nitrogens with one attached hydrogen (secondary N) is 1. The van der Waals surface area contributed by atoms with Crippen molar-refractivity contribution in [2.75, 3.05) is 11.9 Å². The number of rotatable bonds is 4. The van der Waals surface area contributed by atoms with Crippen molar-refractivity contribution in [3.05, 3.63) is 102 Å². The molecule has 2 aromatic carbocycles. The highest BCUT2D eigenvalue weighted by Crippen LogP contribution is 2.35. The van der Waals surface area contributed by atoms with Crippen LogP contribution in [0.15, 0.2) is 85.0 Å². The van der Waals surface area contributed by atoms with Gasteiger partial charge in [0.1, 0.15) is 12.4 Å². The largest absolute Gasteiger partial charge is 0.489 e. The maximum atomic E-state index is 6.35. The predicted molar refractivity (Wildman–Crippen MR) is 119 cm³/mol. The molecule has 28 heavy (non-hydrogen) atoms. The van der Waals surface area contributed by atoms with Crippen LogP contribution in [0.2, 0.25) is 0 Å². The number of benzene rings is 2. The van der Waals surface area contributed by atoms with Crippen molar-refractivity contribution >= 4 is 11.3 Å². The van der Waals surface area contributed by atoms with Crippen LogP contribution in [0.5, 0.6) is 5.75 Å². The molecule has 0 unspecified atom stereocenters. The second-order valence-electron chi connectivity index (χ2n) is 7.26. The van der Waals surface area contributed by atoms with Gasteiger partial charge in [0.15, 0.2) is 0 Å². The SMILES string of the molecule is C1=C\C=C/C(c2cc3c(c(OCc4ccccc4)c2)CCCCCN3)=C\C=C/1. The van der Waals surface area contributed by atoms with Gasteiger partial charge in [0.2, 0.25) is 0 Å². The fourth-order valence-electron chi connectivity index (χ4n) is 3.68. The molecule has 0 saturated heterocycles. The fraction of sp³-hybridized carbons (Fsp3) is 0.231. The lowest BCUT2D eigenvalue weighted by Gasteiger charge is -2.21. The summed E-state index contributed by atoms with van der Waals surface area (Å²) in [6, 6.07) is 14.9. The van der Waals surface area contributed by atoms with Crippen LogP contribution in [0.1, 0.15) is 36.0 Å². The Labute approximate surface area is 167 Å². The van der Waals surface area contributed by atoms with E-state index in [0.29, 0.717) is 6.61 Å². The van der Waals surface area contributed by atoms with Crippen LogP contribution in [0.25, 0.3) is 5.57 Å². The zero-order valence-electron chi connectivity index (χ0n) is 16.2. The Kier molecular flexibility index (Phi) is 6.08. The summed E-state index contributed by atoms with van der Waals surface area (Å²) in [5, 5.41) is 3.65. The number of allylic oxidation sites excluding steroid dienone is 8. The van der Waals surface area contributed by atoms with Gasteiger partial charge < -0.3 is 10.1 Å². The van der Waals surface area contributed by atoms with Crippen LogP contribution in [0.4, 0.5) is 5.69 Å². The lowest BCUT2D eigenvalue weighted by atomic mass is 9.95. The first-order valence-corrected chi connectivity index (χ1v) is 10.2. The molecule has 2 aliphatic rings. The van der Waals surface area contributed by atoms with E-state index in [4.69, 9.17) is 4.74 Å². The smallest absolute Gasteiger partial charge is 0.125 e. The van der Waals surface area contributed by atoms with Crippen LogP contribution in [0.3, 0.4) is 0 Å². The third kappa shape index (κ3) is 4.64. The molecule has 0 saturated carbocycles. The molecule has 1 aliphatic heterocycles. The third-order valence-electron chi connectivity index (χ3n) is 5.19. The molecular weight excluding hydrogens is 342 g/mol. The minimum atomic E-state index is 0.592. The van der Waals surface area contributed by atoms with E-state index in [-0.39, 0.29) is 0 Å². The summed E-state index contributed by atoms with van der Waals surface area (Å²) >= 11 is 0. The summed E-state index contributed by atoms with van der Waals surface area (Å²) in [4.78, 5) is 0. The van der Waals surface area contributed by atoms with Crippen molar-refractivity contribution < 1.29 is 4.74 Å². The third-order valence-corrected chi connectivity index (χ3v) is 5.19. The van der Waals surface area contributed by atoms with Gasteiger partial charge in [-0.2, -0.15) is 0 Å². The van der Waals surface area contributed by atoms with Gasteiger partial charge in [-0.25, -0.2) is 0 Å². The summed E-state index contributed by atoms with van der Waals surface area (Å²) in [5.74, 6) is 1.00. The highest BCUT2D eigenvalue weighted by atomic mass is 16.5. The molecule has 2 heteroatoms. The van der Waals surface area contributed by atoms with Crippen molar-refractivity contribution in [1.29, 1.82) is 0 Å². The fourth-order valence-corrected chi connectivity index (χ4v) is 3.68. The van der Waals surface area contributed by atoms with Crippen LogP contribution in [0, 0.1) is 0 Å². The second-order valence-corrected chi connectivity index (χ2v) is 7.26. The van der Waals surface area contributed by atoms with Gasteiger partial charge in [0, 0.05) is 17.8 Å². The molecule has 0 fully saturated rings. The lowest BCUT2D eigenvalue weighted by Crippen LogP contribution is -2.10. The van der Waals surface area contributed by atoms with E-state index in [2.05, 4.69) is 78.2 Å². The lowest BCUT2D eigenvalue weighted by molar-refractivity contribution is 0.302. The molecular formula is C26H27NO. The molecule has 0 atom stereocenters. The maximum absolute atomic E-state index is 6.35. The first-order chi connectivity index (χ1) is 13.9. The van der Waals surface area contributed by atoms with Crippen LogP contribution in [-0.2, 0) is 13.0 Å². The van der Waals surface area contributed by atoms with Gasteiger partial charge in [-0.3, -0.25) is 0 Å². The van der Waals surface area contributed by atoms with Gasteiger partial charge in [-0.05, 0) is 48.1 Å². The molecule has 142 valence electrons. The van der Waals surface area contributed by atoms with Gasteiger partial charge in [-0.15, -0.1) is 0 Å². The second kappa shape index (κ2) is 9.27. The van der Waals surface area contributed by atoms with Gasteiger partial charge >= 0.3 is 0 Å². The Morgan fingerprint density at radius 2 is 1.71 bits per heavy atom. The van der Waals surface area contributed by atoms with Gasteiger partial charge in [0.25, 0.3) is 0 Å². The number of hydrogen-bond donors (Lipinski definition) is 1. The van der Waals surface area contributed by atoms with Gasteiger partial charge in [0.05, 0.1) is 0 Å². The average molecular weight is 370 g/mol. The van der Waals surface area contributed by atoms with E-state index in [1.807, 2.05) is 12.1 Å². The minimum Gasteiger partial charge on any atom is -0.489 e. The molecule has 1 aliphatic carbocycles. The monoisotopic (exact) mass is 369 g/mol. The highest BCUT2D eigenvalue weighted by molar-refractivity contribution is 5.80. The summed E-state index contributed by atoms with van der Waals surface area (Å²) in [7, 11) is 0. The van der Waals surface area contributed by atoms with E-state index < -0.39 is 0 Å². The van der Waals surface area contributed by atoms with E-state index in [0.717, 1.165) is 18.7 Å². The predicted octanol–water partition coefficient (Wildman–Crippen LogP) is 6.47. The number of anilines is 1. The normalized spacial score (nSPS) is 21.4. The summed E-state index contributed by atoms with van der Waals surface area (Å²) in [6.45, 7) is 1.61. The Balaban J connectivity index is 1.70. The van der Waals surface area contributed by atoms with Gasteiger partial charge in [-0.1, -0.05) is 79.3 Å². The molecule has 4 rings (SSSR count). The molecule has 0 bridgehead atoms. The molecule has 0 spiro atoms. The van der Waals surface area contributed by atoms with Crippen molar-refractivity contribution in [2.24, 2.45) is 0 Å². The summed E-state index contributed by atoms with van der Waals surface area (Å²) < 4.78 is 6.35. The molecule has 1 N–H and O–H groups in total. The average Bonchev–Trinajstić information content (AvgIpc) is 2.67. The Bertz CT molecular complexity index is 919. The molecule has 1 heterocycles. The number of hydrogen-bond acceptors (Lipinski definition) is 2. The quantitative estimate of drug-likeness (QED) is 0.667. The Morgan fingerprint density at radius 3 is 2.64 bits per heavy atom. The molecule has 2 nitrogen and oxygen atoms in total. The van der Waals surface area contributed by atoms with E-state index in [1.54, 1.807) is 0 Å². The van der Waals surface area contributed by atoms with Crippen molar-refractivity contribution in [1.82, 2.24) is 0 Å². The molecule has 0 amide bonds. The van der Waals surface area contributed by atoms with Crippen molar-refractivity contribution in [2.45, 2.75) is 32.3 Å². The number of ether oxygens (including phenoxy) is 1. The molecule has 0 radical (unpaired) electrons. The summed E-state index contributed by atoms with van der Waals surface area (Å²) in [6.07, 6.45) is 19.4. The van der Waals surface area contributed by atoms with Crippen LogP contribution < -0.4 is 10.1 Å². The standard InChI is InChI=1S/C26H27NO/c1-2-8-14-22(15-9-3-1)23-18-25-24(16-10-5-11-17-27-25)26(19-23)28-20-21-12-6-4-7-13-21/h1-4,6-9,12-15,18-19,27H,5,10-11,16-17,20H2/b2-1-,3-1?,8-2?,9-3-,14-8-,15-9?,22-14?,22-15+. The zero-order valence-corrected chi connectivity index (χ0v) is 16.2. The molecule has 2 aromatic rings. The van der Waals surface area contributed by atoms with E-state index in [9.17, 15) is 0 Å². The van der Waals surface area contributed by atoms with Crippen LogP contribution in [-0.4, -0.2) is 6.54 Å². The minimum absolute atomic E-state index is 0.592. The zero-order chi connectivity index (χ0) is 19.0. The Hall–Kier alpha value is -3.00. The topological polar surface area (TPSA) is 21.3 Å². The maximum Gasteiger partial charge on any atom is 0.125 e. The first kappa shape index (κ1) is 18.4. The summed E-state index contributed by atoms with van der Waals surface area (Å²) in [5.41, 5.74) is 6.10.